The molecular weight excluding hydrogens is 414 g/mol. The minimum absolute atomic E-state index is 0.807. The molecule has 0 saturated heterocycles. The van der Waals surface area contributed by atoms with Gasteiger partial charge in [-0.2, -0.15) is 0 Å². The van der Waals surface area contributed by atoms with Gasteiger partial charge in [-0.1, -0.05) is 114 Å². The lowest BCUT2D eigenvalue weighted by Crippen LogP contribution is -2.07. The average molecular weight is 456 g/mol. The molecule has 0 spiro atoms. The van der Waals surface area contributed by atoms with Crippen LogP contribution in [0.3, 0.4) is 0 Å². The van der Waals surface area contributed by atoms with E-state index in [4.69, 9.17) is 4.74 Å². The Labute approximate surface area is 207 Å². The summed E-state index contributed by atoms with van der Waals surface area (Å²) in [5.41, 5.74) is 4.60. The number of anilines is 2. The van der Waals surface area contributed by atoms with Crippen LogP contribution in [-0.4, -0.2) is 6.61 Å². The highest BCUT2D eigenvalue weighted by Gasteiger charge is 2.06. The Morgan fingerprint density at radius 2 is 1.12 bits per heavy atom. The number of hydrogen-bond acceptors (Lipinski definition) is 2. The predicted octanol–water partition coefficient (Wildman–Crippen LogP) is 9.93. The molecule has 0 N–H and O–H groups in total. The van der Waals surface area contributed by atoms with Crippen molar-refractivity contribution >= 4 is 11.4 Å². The Balaban J connectivity index is 1.38. The van der Waals surface area contributed by atoms with Gasteiger partial charge in [0.25, 0.3) is 0 Å². The quantitative estimate of drug-likeness (QED) is 0.199. The van der Waals surface area contributed by atoms with Crippen LogP contribution in [0, 0.1) is 0 Å². The Morgan fingerprint density at radius 3 is 1.68 bits per heavy atom. The molecule has 180 valence electrons. The van der Waals surface area contributed by atoms with Crippen LogP contribution in [0.4, 0.5) is 11.4 Å². The van der Waals surface area contributed by atoms with Crippen molar-refractivity contribution in [2.24, 2.45) is 0 Å². The monoisotopic (exact) mass is 455 g/mol. The fourth-order valence-electron chi connectivity index (χ4n) is 4.29. The third-order valence-corrected chi connectivity index (χ3v) is 6.32. The van der Waals surface area contributed by atoms with Crippen molar-refractivity contribution in [3.05, 3.63) is 91.6 Å². The van der Waals surface area contributed by atoms with E-state index >= 15 is 0 Å². The average Bonchev–Trinajstić information content (AvgIpc) is 2.89. The van der Waals surface area contributed by atoms with Gasteiger partial charge < -0.3 is 9.64 Å². The number of rotatable bonds is 16. The van der Waals surface area contributed by atoms with Crippen LogP contribution in [0.2, 0.25) is 0 Å². The van der Waals surface area contributed by atoms with Crippen molar-refractivity contribution in [1.82, 2.24) is 0 Å². The molecule has 0 bridgehead atoms. The number of para-hydroxylation sites is 1. The lowest BCUT2D eigenvalue weighted by atomic mass is 10.0. The summed E-state index contributed by atoms with van der Waals surface area (Å²) in [5.74, 6) is 0.957. The lowest BCUT2D eigenvalue weighted by Gasteiger charge is -2.20. The third kappa shape index (κ3) is 8.41. The first-order chi connectivity index (χ1) is 16.8. The van der Waals surface area contributed by atoms with E-state index in [1.165, 1.54) is 68.9 Å². The van der Waals surface area contributed by atoms with Crippen molar-refractivity contribution in [2.75, 3.05) is 11.5 Å². The van der Waals surface area contributed by atoms with Crippen molar-refractivity contribution in [3.8, 4) is 16.9 Å². The molecule has 0 radical (unpaired) electrons. The minimum Gasteiger partial charge on any atom is -0.494 e. The highest BCUT2D eigenvalue weighted by molar-refractivity contribution is 5.71. The zero-order valence-corrected chi connectivity index (χ0v) is 20.9. The molecule has 0 aliphatic carbocycles. The maximum absolute atomic E-state index is 5.97. The first-order valence-electron chi connectivity index (χ1n) is 13.1. The fraction of sp³-hybridized carbons (Fsp3) is 0.375. The topological polar surface area (TPSA) is 12.5 Å². The number of nitrogens with zero attached hydrogens (tertiary/aromatic N) is 1. The number of hydrogen-bond donors (Lipinski definition) is 0. The van der Waals surface area contributed by atoms with Gasteiger partial charge in [0, 0.05) is 17.6 Å². The van der Waals surface area contributed by atoms with Gasteiger partial charge in [0.2, 0.25) is 0 Å². The molecule has 0 aliphatic rings. The van der Waals surface area contributed by atoms with Crippen LogP contribution in [0.5, 0.6) is 5.75 Å². The second-order valence-electron chi connectivity index (χ2n) is 8.99. The Hall–Kier alpha value is -3.00. The summed E-state index contributed by atoms with van der Waals surface area (Å²) in [4.78, 5) is 2.09. The first-order valence-corrected chi connectivity index (χ1v) is 13.1. The normalized spacial score (nSPS) is 10.7. The molecule has 0 aromatic heterocycles. The highest BCUT2D eigenvalue weighted by Crippen LogP contribution is 2.29. The molecule has 0 amide bonds. The Bertz CT molecular complexity index is 931. The molecule has 0 saturated carbocycles. The molecule has 0 atom stereocenters. The molecule has 3 aromatic rings. The summed E-state index contributed by atoms with van der Waals surface area (Å²) in [6.07, 6.45) is 15.3. The van der Waals surface area contributed by atoms with Crippen molar-refractivity contribution < 1.29 is 4.74 Å². The molecule has 3 aromatic carbocycles. The fourth-order valence-corrected chi connectivity index (χ4v) is 4.29. The standard InChI is InChI=1S/C32H41NO/c1-3-5-6-7-8-9-10-11-12-16-27-34-32-25-21-29(22-26-32)28-19-23-31(24-20-28)33(4-2)30-17-14-13-15-18-30/h4,13-15,17-26H,2-3,5-12,16,27H2,1H3. The van der Waals surface area contributed by atoms with Crippen molar-refractivity contribution in [2.45, 2.75) is 71.1 Å². The van der Waals surface area contributed by atoms with Gasteiger partial charge in [-0.05, 0) is 53.9 Å². The van der Waals surface area contributed by atoms with E-state index in [-0.39, 0.29) is 0 Å². The molecule has 2 heteroatoms. The largest absolute Gasteiger partial charge is 0.494 e. The summed E-state index contributed by atoms with van der Waals surface area (Å²) in [7, 11) is 0. The molecule has 0 unspecified atom stereocenters. The van der Waals surface area contributed by atoms with Crippen LogP contribution in [0.25, 0.3) is 11.1 Å². The number of ether oxygens (including phenoxy) is 1. The summed E-state index contributed by atoms with van der Waals surface area (Å²) < 4.78 is 5.97. The van der Waals surface area contributed by atoms with Crippen LogP contribution in [0.1, 0.15) is 71.1 Å². The summed E-state index contributed by atoms with van der Waals surface area (Å²) >= 11 is 0. The predicted molar refractivity (Wildman–Crippen MR) is 148 cm³/mol. The van der Waals surface area contributed by atoms with Crippen molar-refractivity contribution in [3.63, 3.8) is 0 Å². The van der Waals surface area contributed by atoms with E-state index in [1.807, 2.05) is 24.4 Å². The van der Waals surface area contributed by atoms with E-state index in [1.54, 1.807) is 0 Å². The second kappa shape index (κ2) is 15.0. The van der Waals surface area contributed by atoms with E-state index in [2.05, 4.69) is 79.1 Å². The molecule has 0 heterocycles. The van der Waals surface area contributed by atoms with Crippen LogP contribution < -0.4 is 9.64 Å². The lowest BCUT2D eigenvalue weighted by molar-refractivity contribution is 0.304. The van der Waals surface area contributed by atoms with Gasteiger partial charge in [-0.25, -0.2) is 0 Å². The highest BCUT2D eigenvalue weighted by atomic mass is 16.5. The SMILES string of the molecule is C=CN(c1ccccc1)c1ccc(-c2ccc(OCCCCCCCCCCCC)cc2)cc1. The minimum atomic E-state index is 0.807. The van der Waals surface area contributed by atoms with Crippen LogP contribution in [0.15, 0.2) is 91.6 Å². The maximum atomic E-state index is 5.97. The Morgan fingerprint density at radius 1 is 0.618 bits per heavy atom. The second-order valence-corrected chi connectivity index (χ2v) is 8.99. The zero-order valence-electron chi connectivity index (χ0n) is 20.9. The van der Waals surface area contributed by atoms with E-state index in [9.17, 15) is 0 Å². The summed E-state index contributed by atoms with van der Waals surface area (Å²) in [6.45, 7) is 7.06. The maximum Gasteiger partial charge on any atom is 0.119 e. The van der Waals surface area contributed by atoms with Crippen LogP contribution >= 0.6 is 0 Å². The Kier molecular flexibility index (Phi) is 11.3. The van der Waals surface area contributed by atoms with E-state index in [0.29, 0.717) is 0 Å². The zero-order chi connectivity index (χ0) is 23.8. The summed E-state index contributed by atoms with van der Waals surface area (Å²) in [5, 5.41) is 0. The third-order valence-electron chi connectivity index (χ3n) is 6.32. The van der Waals surface area contributed by atoms with Gasteiger partial charge in [0.15, 0.2) is 0 Å². The molecule has 3 rings (SSSR count). The summed E-state index contributed by atoms with van der Waals surface area (Å²) in [6, 6.07) is 27.3. The molecule has 2 nitrogen and oxygen atoms in total. The first kappa shape index (κ1) is 25.6. The molecule has 0 fully saturated rings. The van der Waals surface area contributed by atoms with Gasteiger partial charge in [0.1, 0.15) is 5.75 Å². The number of benzene rings is 3. The van der Waals surface area contributed by atoms with E-state index < -0.39 is 0 Å². The van der Waals surface area contributed by atoms with Gasteiger partial charge >= 0.3 is 0 Å². The van der Waals surface area contributed by atoms with Gasteiger partial charge in [-0.15, -0.1) is 0 Å². The van der Waals surface area contributed by atoms with Crippen molar-refractivity contribution in [1.29, 1.82) is 0 Å². The molecular formula is C32H41NO. The number of unbranched alkanes of at least 4 members (excludes halogenated alkanes) is 9. The van der Waals surface area contributed by atoms with Gasteiger partial charge in [-0.3, -0.25) is 0 Å². The molecule has 34 heavy (non-hydrogen) atoms. The smallest absolute Gasteiger partial charge is 0.119 e. The van der Waals surface area contributed by atoms with Gasteiger partial charge in [0.05, 0.1) is 6.61 Å². The van der Waals surface area contributed by atoms with E-state index in [0.717, 1.165) is 30.2 Å². The van der Waals surface area contributed by atoms with Crippen LogP contribution in [-0.2, 0) is 0 Å². The molecule has 0 aliphatic heterocycles.